The lowest BCUT2D eigenvalue weighted by Crippen LogP contribution is -1.94. The molecule has 0 saturated heterocycles. The number of pyridine rings is 1. The summed E-state index contributed by atoms with van der Waals surface area (Å²) >= 11 is 0. The van der Waals surface area contributed by atoms with Crippen LogP contribution in [0.3, 0.4) is 0 Å². The van der Waals surface area contributed by atoms with Crippen LogP contribution in [0.5, 0.6) is 0 Å². The summed E-state index contributed by atoms with van der Waals surface area (Å²) in [5.74, 6) is -1.13. The lowest BCUT2D eigenvalue weighted by atomic mass is 10.2. The standard InChI is InChI=1S/C9H6F2N2O2/c10-8(11)5-1-4-2-6(9(14)15)13-7(4)3-12-5/h1-3,8,13H,(H,14,15). The molecule has 2 heterocycles. The van der Waals surface area contributed by atoms with Crippen molar-refractivity contribution in [2.24, 2.45) is 0 Å². The summed E-state index contributed by atoms with van der Waals surface area (Å²) in [5.41, 5.74) is 0.0217. The highest BCUT2D eigenvalue weighted by Gasteiger charge is 2.12. The van der Waals surface area contributed by atoms with Gasteiger partial charge in [-0.25, -0.2) is 13.6 Å². The zero-order valence-electron chi connectivity index (χ0n) is 7.37. The Morgan fingerprint density at radius 3 is 2.80 bits per heavy atom. The molecule has 0 unspecified atom stereocenters. The smallest absolute Gasteiger partial charge is 0.352 e. The Hall–Kier alpha value is -1.98. The van der Waals surface area contributed by atoms with Crippen LogP contribution in [0, 0.1) is 0 Å². The molecular weight excluding hydrogens is 206 g/mol. The van der Waals surface area contributed by atoms with E-state index in [2.05, 4.69) is 9.97 Å². The first-order valence-electron chi connectivity index (χ1n) is 4.08. The molecule has 0 fully saturated rings. The van der Waals surface area contributed by atoms with E-state index in [1.807, 2.05) is 0 Å². The highest BCUT2D eigenvalue weighted by Crippen LogP contribution is 2.21. The Kier molecular flexibility index (Phi) is 2.11. The first-order valence-corrected chi connectivity index (χ1v) is 4.08. The third-order valence-corrected chi connectivity index (χ3v) is 1.98. The van der Waals surface area contributed by atoms with Gasteiger partial charge in [0.25, 0.3) is 6.43 Å². The van der Waals surface area contributed by atoms with Crippen LogP contribution in [0.25, 0.3) is 10.9 Å². The molecule has 15 heavy (non-hydrogen) atoms. The molecule has 6 heteroatoms. The Morgan fingerprint density at radius 1 is 1.47 bits per heavy atom. The van der Waals surface area contributed by atoms with Gasteiger partial charge in [-0.3, -0.25) is 4.98 Å². The number of carboxylic acids is 1. The van der Waals surface area contributed by atoms with Crippen molar-refractivity contribution in [3.05, 3.63) is 29.7 Å². The maximum absolute atomic E-state index is 12.3. The van der Waals surface area contributed by atoms with Gasteiger partial charge in [0.05, 0.1) is 11.7 Å². The number of aromatic amines is 1. The third-order valence-electron chi connectivity index (χ3n) is 1.98. The summed E-state index contributed by atoms with van der Waals surface area (Å²) < 4.78 is 24.5. The first-order chi connectivity index (χ1) is 7.08. The minimum absolute atomic E-state index is 0.0433. The van der Waals surface area contributed by atoms with Crippen molar-refractivity contribution >= 4 is 16.9 Å². The molecule has 2 N–H and O–H groups in total. The van der Waals surface area contributed by atoms with Gasteiger partial charge in [0.1, 0.15) is 11.4 Å². The number of hydrogen-bond acceptors (Lipinski definition) is 2. The van der Waals surface area contributed by atoms with Crippen LogP contribution < -0.4 is 0 Å². The topological polar surface area (TPSA) is 66.0 Å². The van der Waals surface area contributed by atoms with Crippen molar-refractivity contribution in [1.82, 2.24) is 9.97 Å². The molecule has 2 rings (SSSR count). The molecule has 4 nitrogen and oxygen atoms in total. The highest BCUT2D eigenvalue weighted by atomic mass is 19.3. The number of aromatic carboxylic acids is 1. The Morgan fingerprint density at radius 2 is 2.20 bits per heavy atom. The Balaban J connectivity index is 2.57. The lowest BCUT2D eigenvalue weighted by Gasteiger charge is -1.96. The molecule has 0 saturated carbocycles. The molecule has 0 bridgehead atoms. The molecule has 0 aliphatic carbocycles. The van der Waals surface area contributed by atoms with E-state index in [0.717, 1.165) is 0 Å². The van der Waals surface area contributed by atoms with Gasteiger partial charge in [-0.1, -0.05) is 0 Å². The zero-order chi connectivity index (χ0) is 11.0. The largest absolute Gasteiger partial charge is 0.477 e. The van der Waals surface area contributed by atoms with E-state index in [0.29, 0.717) is 10.9 Å². The van der Waals surface area contributed by atoms with E-state index in [4.69, 9.17) is 5.11 Å². The van der Waals surface area contributed by atoms with Crippen LogP contribution in [0.4, 0.5) is 8.78 Å². The van der Waals surface area contributed by atoms with Crippen LogP contribution in [0.15, 0.2) is 18.3 Å². The fourth-order valence-electron chi connectivity index (χ4n) is 1.28. The predicted molar refractivity (Wildman–Crippen MR) is 48.0 cm³/mol. The van der Waals surface area contributed by atoms with E-state index in [9.17, 15) is 13.6 Å². The van der Waals surface area contributed by atoms with Crippen LogP contribution in [0.1, 0.15) is 22.6 Å². The fourth-order valence-corrected chi connectivity index (χ4v) is 1.28. The minimum Gasteiger partial charge on any atom is -0.477 e. The molecule has 0 amide bonds. The number of nitrogens with zero attached hydrogens (tertiary/aromatic N) is 1. The molecule has 78 valence electrons. The van der Waals surface area contributed by atoms with Crippen molar-refractivity contribution in [3.63, 3.8) is 0 Å². The summed E-state index contributed by atoms with van der Waals surface area (Å²) in [5, 5.41) is 9.08. The number of halogens is 2. The molecule has 0 atom stereocenters. The number of carboxylic acid groups (broad SMARTS) is 1. The summed E-state index contributed by atoms with van der Waals surface area (Å²) in [7, 11) is 0. The maximum atomic E-state index is 12.3. The molecule has 2 aromatic rings. The SMILES string of the molecule is O=C(O)c1cc2cc(C(F)F)ncc2[nH]1. The van der Waals surface area contributed by atoms with E-state index in [1.165, 1.54) is 18.3 Å². The van der Waals surface area contributed by atoms with Crippen LogP contribution in [-0.4, -0.2) is 21.0 Å². The van der Waals surface area contributed by atoms with Gasteiger partial charge in [-0.2, -0.15) is 0 Å². The second-order valence-corrected chi connectivity index (χ2v) is 2.99. The molecule has 0 aliphatic heterocycles. The summed E-state index contributed by atoms with van der Waals surface area (Å²) in [4.78, 5) is 16.6. The molecule has 0 spiro atoms. The van der Waals surface area contributed by atoms with E-state index in [1.54, 1.807) is 0 Å². The number of alkyl halides is 2. The van der Waals surface area contributed by atoms with Crippen molar-refractivity contribution in [2.45, 2.75) is 6.43 Å². The van der Waals surface area contributed by atoms with Crippen molar-refractivity contribution in [3.8, 4) is 0 Å². The van der Waals surface area contributed by atoms with Crippen LogP contribution in [0.2, 0.25) is 0 Å². The summed E-state index contributed by atoms with van der Waals surface area (Å²) in [6, 6.07) is 2.47. The highest BCUT2D eigenvalue weighted by molar-refractivity contribution is 5.93. The third kappa shape index (κ3) is 1.65. The number of nitrogens with one attached hydrogen (secondary N) is 1. The van der Waals surface area contributed by atoms with Gasteiger partial charge >= 0.3 is 5.97 Å². The molecule has 0 radical (unpaired) electrons. The average Bonchev–Trinajstić information content (AvgIpc) is 2.59. The van der Waals surface area contributed by atoms with Crippen LogP contribution in [-0.2, 0) is 0 Å². The molecule has 0 aliphatic rings. The van der Waals surface area contributed by atoms with E-state index >= 15 is 0 Å². The van der Waals surface area contributed by atoms with Crippen LogP contribution >= 0.6 is 0 Å². The van der Waals surface area contributed by atoms with Gasteiger partial charge in [0.15, 0.2) is 0 Å². The van der Waals surface area contributed by atoms with Gasteiger partial charge in [0.2, 0.25) is 0 Å². The first kappa shape index (κ1) is 9.57. The lowest BCUT2D eigenvalue weighted by molar-refractivity contribution is 0.0691. The summed E-state index contributed by atoms with van der Waals surface area (Å²) in [6.45, 7) is 0. The maximum Gasteiger partial charge on any atom is 0.352 e. The second-order valence-electron chi connectivity index (χ2n) is 2.99. The minimum atomic E-state index is -2.66. The van der Waals surface area contributed by atoms with Gasteiger partial charge in [-0.05, 0) is 12.1 Å². The van der Waals surface area contributed by atoms with Crippen molar-refractivity contribution in [1.29, 1.82) is 0 Å². The number of rotatable bonds is 2. The van der Waals surface area contributed by atoms with E-state index < -0.39 is 12.4 Å². The molecular formula is C9H6F2N2O2. The number of aromatic nitrogens is 2. The normalized spacial score (nSPS) is 11.1. The molecule has 0 aromatic carbocycles. The Bertz CT molecular complexity index is 522. The predicted octanol–water partition coefficient (Wildman–Crippen LogP) is 2.20. The monoisotopic (exact) mass is 212 g/mol. The quantitative estimate of drug-likeness (QED) is 0.801. The fraction of sp³-hybridized carbons (Fsp3) is 0.111. The van der Waals surface area contributed by atoms with Gasteiger partial charge < -0.3 is 10.1 Å². The van der Waals surface area contributed by atoms with Crippen molar-refractivity contribution < 1.29 is 18.7 Å². The number of hydrogen-bond donors (Lipinski definition) is 2. The zero-order valence-corrected chi connectivity index (χ0v) is 7.37. The second kappa shape index (κ2) is 3.30. The van der Waals surface area contributed by atoms with Gasteiger partial charge in [0, 0.05) is 5.39 Å². The summed E-state index contributed by atoms with van der Waals surface area (Å²) in [6.07, 6.45) is -1.46. The average molecular weight is 212 g/mol. The van der Waals surface area contributed by atoms with E-state index in [-0.39, 0.29) is 11.4 Å². The number of carbonyl (C=O) groups is 1. The molecule has 2 aromatic heterocycles. The number of H-pyrrole nitrogens is 1. The van der Waals surface area contributed by atoms with Crippen molar-refractivity contribution in [2.75, 3.05) is 0 Å². The number of fused-ring (bicyclic) bond motifs is 1. The van der Waals surface area contributed by atoms with Gasteiger partial charge in [-0.15, -0.1) is 0 Å². The Labute approximate surface area is 82.6 Å².